The Kier molecular flexibility index (Phi) is 4.57. The minimum Gasteiger partial charge on any atom is -0.497 e. The Balaban J connectivity index is 1.59. The fourth-order valence-electron chi connectivity index (χ4n) is 3.37. The van der Waals surface area contributed by atoms with Crippen molar-refractivity contribution in [2.45, 2.75) is 19.4 Å². The quantitative estimate of drug-likeness (QED) is 0.750. The summed E-state index contributed by atoms with van der Waals surface area (Å²) in [4.78, 5) is 31.4. The number of rotatable bonds is 4. The molecule has 0 bridgehead atoms. The number of methoxy groups -OCH3 is 1. The van der Waals surface area contributed by atoms with E-state index in [0.29, 0.717) is 18.8 Å². The van der Waals surface area contributed by atoms with Gasteiger partial charge in [0.25, 0.3) is 5.91 Å². The van der Waals surface area contributed by atoms with Crippen molar-refractivity contribution in [1.29, 1.82) is 0 Å². The van der Waals surface area contributed by atoms with Gasteiger partial charge in [0, 0.05) is 43.2 Å². The van der Waals surface area contributed by atoms with Gasteiger partial charge < -0.3 is 15.0 Å². The third kappa shape index (κ3) is 3.40. The van der Waals surface area contributed by atoms with E-state index in [4.69, 9.17) is 4.74 Å². The number of aromatic nitrogens is 2. The molecule has 1 saturated heterocycles. The van der Waals surface area contributed by atoms with E-state index in [1.165, 1.54) is 18.3 Å². The molecular weight excluding hydrogens is 364 g/mol. The molecule has 1 aromatic carbocycles. The lowest BCUT2D eigenvalue weighted by Crippen LogP contribution is -2.37. The Morgan fingerprint density at radius 3 is 3.00 bits per heavy atom. The van der Waals surface area contributed by atoms with Crippen LogP contribution >= 0.6 is 11.3 Å². The van der Waals surface area contributed by atoms with Gasteiger partial charge in [-0.25, -0.2) is 4.98 Å². The minimum atomic E-state index is -0.0650. The zero-order valence-electron chi connectivity index (χ0n) is 15.1. The highest BCUT2D eigenvalue weighted by Crippen LogP contribution is 2.27. The first-order valence-electron chi connectivity index (χ1n) is 8.72. The molecule has 2 amide bonds. The molecule has 1 N–H and O–H groups in total. The van der Waals surface area contributed by atoms with Crippen LogP contribution in [0.1, 0.15) is 23.8 Å². The first kappa shape index (κ1) is 17.5. The average molecular weight is 384 g/mol. The van der Waals surface area contributed by atoms with Crippen molar-refractivity contribution < 1.29 is 14.3 Å². The van der Waals surface area contributed by atoms with Crippen LogP contribution < -0.4 is 10.1 Å². The van der Waals surface area contributed by atoms with Crippen LogP contribution in [0, 0.1) is 0 Å². The SMILES string of the molecule is COc1cccc(-c2cn3c(C(=O)N4CC[C@H](NC(C)=O)C4)csc3n2)c1. The lowest BCUT2D eigenvalue weighted by atomic mass is 10.1. The zero-order valence-corrected chi connectivity index (χ0v) is 16.0. The smallest absolute Gasteiger partial charge is 0.271 e. The van der Waals surface area contributed by atoms with Gasteiger partial charge in [0.15, 0.2) is 4.96 Å². The van der Waals surface area contributed by atoms with Crippen LogP contribution in [0.5, 0.6) is 5.75 Å². The summed E-state index contributed by atoms with van der Waals surface area (Å²) in [5.41, 5.74) is 2.34. The van der Waals surface area contributed by atoms with Crippen molar-refractivity contribution in [3.63, 3.8) is 0 Å². The minimum absolute atomic E-state index is 0.0238. The van der Waals surface area contributed by atoms with Crippen LogP contribution in [0.25, 0.3) is 16.2 Å². The number of hydrogen-bond acceptors (Lipinski definition) is 5. The van der Waals surface area contributed by atoms with E-state index >= 15 is 0 Å². The number of amides is 2. The third-order valence-corrected chi connectivity index (χ3v) is 5.52. The van der Waals surface area contributed by atoms with Gasteiger partial charge in [0.05, 0.1) is 12.8 Å². The molecule has 1 fully saturated rings. The van der Waals surface area contributed by atoms with Gasteiger partial charge in [0.1, 0.15) is 11.4 Å². The Labute approximate surface area is 160 Å². The summed E-state index contributed by atoms with van der Waals surface area (Å²) in [7, 11) is 1.63. The van der Waals surface area contributed by atoms with E-state index in [1.54, 1.807) is 12.0 Å². The topological polar surface area (TPSA) is 75.9 Å². The lowest BCUT2D eigenvalue weighted by molar-refractivity contribution is -0.119. The second kappa shape index (κ2) is 7.03. The summed E-state index contributed by atoms with van der Waals surface area (Å²) in [5.74, 6) is 0.662. The van der Waals surface area contributed by atoms with Crippen LogP contribution in [-0.2, 0) is 4.79 Å². The number of benzene rings is 1. The summed E-state index contributed by atoms with van der Waals surface area (Å²) in [6, 6.07) is 7.72. The van der Waals surface area contributed by atoms with Crippen molar-refractivity contribution >= 4 is 28.1 Å². The van der Waals surface area contributed by atoms with E-state index in [0.717, 1.165) is 28.4 Å². The molecule has 1 aliphatic heterocycles. The number of imidazole rings is 1. The molecule has 1 atom stereocenters. The monoisotopic (exact) mass is 384 g/mol. The van der Waals surface area contributed by atoms with E-state index in [1.807, 2.05) is 40.2 Å². The van der Waals surface area contributed by atoms with Crippen LogP contribution in [-0.4, -0.2) is 52.3 Å². The molecule has 0 radical (unpaired) electrons. The highest BCUT2D eigenvalue weighted by molar-refractivity contribution is 7.15. The van der Waals surface area contributed by atoms with Gasteiger partial charge in [-0.05, 0) is 18.6 Å². The van der Waals surface area contributed by atoms with Crippen molar-refractivity contribution in [1.82, 2.24) is 19.6 Å². The van der Waals surface area contributed by atoms with Gasteiger partial charge in [0.2, 0.25) is 5.91 Å². The predicted octanol–water partition coefficient (Wildman–Crippen LogP) is 2.42. The molecule has 27 heavy (non-hydrogen) atoms. The van der Waals surface area contributed by atoms with Crippen molar-refractivity contribution in [3.05, 3.63) is 41.5 Å². The predicted molar refractivity (Wildman–Crippen MR) is 103 cm³/mol. The van der Waals surface area contributed by atoms with Crippen LogP contribution in [0.4, 0.5) is 0 Å². The standard InChI is InChI=1S/C19H20N4O3S/c1-12(24)20-14-6-7-22(9-14)18(25)17-11-27-19-21-16(10-23(17)19)13-4-3-5-15(8-13)26-2/h3-5,8,10-11,14H,6-7,9H2,1-2H3,(H,20,24)/t14-/m0/s1. The molecule has 4 rings (SSSR count). The number of nitrogens with one attached hydrogen (secondary N) is 1. The number of ether oxygens (including phenoxy) is 1. The van der Waals surface area contributed by atoms with E-state index in [-0.39, 0.29) is 17.9 Å². The maximum absolute atomic E-state index is 13.0. The van der Waals surface area contributed by atoms with Crippen LogP contribution in [0.15, 0.2) is 35.8 Å². The molecule has 0 spiro atoms. The number of fused-ring (bicyclic) bond motifs is 1. The molecule has 7 nitrogen and oxygen atoms in total. The molecule has 3 heterocycles. The van der Waals surface area contributed by atoms with Gasteiger partial charge in [-0.2, -0.15) is 0 Å². The van der Waals surface area contributed by atoms with Crippen LogP contribution in [0.3, 0.4) is 0 Å². The summed E-state index contributed by atoms with van der Waals surface area (Å²) in [6.07, 6.45) is 2.66. The fraction of sp³-hybridized carbons (Fsp3) is 0.316. The van der Waals surface area contributed by atoms with Gasteiger partial charge in [-0.1, -0.05) is 12.1 Å². The lowest BCUT2D eigenvalue weighted by Gasteiger charge is -2.16. The number of nitrogens with zero attached hydrogens (tertiary/aromatic N) is 3. The van der Waals surface area contributed by atoms with Gasteiger partial charge in [-0.3, -0.25) is 14.0 Å². The second-order valence-corrected chi connectivity index (χ2v) is 7.41. The number of carbonyl (C=O) groups is 2. The first-order chi connectivity index (χ1) is 13.0. The molecular formula is C19H20N4O3S. The normalized spacial score (nSPS) is 16.7. The maximum Gasteiger partial charge on any atom is 0.271 e. The second-order valence-electron chi connectivity index (χ2n) is 6.57. The van der Waals surface area contributed by atoms with Crippen LogP contribution in [0.2, 0.25) is 0 Å². The summed E-state index contributed by atoms with van der Waals surface area (Å²) < 4.78 is 7.12. The molecule has 2 aromatic heterocycles. The first-order valence-corrected chi connectivity index (χ1v) is 9.60. The van der Waals surface area contributed by atoms with Crippen molar-refractivity contribution in [3.8, 4) is 17.0 Å². The number of likely N-dealkylation sites (tertiary alicyclic amines) is 1. The average Bonchev–Trinajstić information content (AvgIpc) is 3.36. The maximum atomic E-state index is 13.0. The molecule has 3 aromatic rings. The summed E-state index contributed by atoms with van der Waals surface area (Å²) >= 11 is 1.44. The largest absolute Gasteiger partial charge is 0.497 e. The molecule has 140 valence electrons. The Morgan fingerprint density at radius 1 is 1.37 bits per heavy atom. The van der Waals surface area contributed by atoms with E-state index in [2.05, 4.69) is 10.3 Å². The highest BCUT2D eigenvalue weighted by Gasteiger charge is 2.29. The molecule has 1 aliphatic rings. The van der Waals surface area contributed by atoms with Gasteiger partial charge in [-0.15, -0.1) is 11.3 Å². The van der Waals surface area contributed by atoms with Gasteiger partial charge >= 0.3 is 0 Å². The Hall–Kier alpha value is -2.87. The summed E-state index contributed by atoms with van der Waals surface area (Å²) in [5, 5.41) is 4.72. The third-order valence-electron chi connectivity index (χ3n) is 4.68. The van der Waals surface area contributed by atoms with Crippen molar-refractivity contribution in [2.24, 2.45) is 0 Å². The summed E-state index contributed by atoms with van der Waals surface area (Å²) in [6.45, 7) is 2.67. The number of thiazole rings is 1. The zero-order chi connectivity index (χ0) is 19.0. The number of hydrogen-bond donors (Lipinski definition) is 1. The Morgan fingerprint density at radius 2 is 2.22 bits per heavy atom. The Bertz CT molecular complexity index is 1010. The molecule has 0 saturated carbocycles. The molecule has 8 heteroatoms. The molecule has 0 aliphatic carbocycles. The van der Waals surface area contributed by atoms with E-state index in [9.17, 15) is 9.59 Å². The van der Waals surface area contributed by atoms with E-state index < -0.39 is 0 Å². The fourth-order valence-corrected chi connectivity index (χ4v) is 4.22. The molecule has 0 unspecified atom stereocenters. The highest BCUT2D eigenvalue weighted by atomic mass is 32.1. The number of carbonyl (C=O) groups excluding carboxylic acids is 2. The van der Waals surface area contributed by atoms with Crippen molar-refractivity contribution in [2.75, 3.05) is 20.2 Å².